The van der Waals surface area contributed by atoms with Crippen LogP contribution in [0.5, 0.6) is 0 Å². The fraction of sp³-hybridized carbons (Fsp3) is 0.333. The molecule has 1 aromatic rings. The monoisotopic (exact) mass is 240 g/mol. The molecule has 1 aromatic carbocycles. The van der Waals surface area contributed by atoms with Crippen molar-refractivity contribution in [3.63, 3.8) is 0 Å². The Kier molecular flexibility index (Phi) is 2.92. The first-order valence-corrected chi connectivity index (χ1v) is 5.18. The van der Waals surface area contributed by atoms with Gasteiger partial charge in [0.05, 0.1) is 5.92 Å². The second-order valence-corrected chi connectivity index (χ2v) is 4.16. The molecule has 0 bridgehead atoms. The van der Waals surface area contributed by atoms with Gasteiger partial charge in [-0.1, -0.05) is 6.07 Å². The summed E-state index contributed by atoms with van der Waals surface area (Å²) in [6.07, 6.45) is -0.0870. The largest absolute Gasteiger partial charge is 0.481 e. The zero-order valence-electron chi connectivity index (χ0n) is 8.82. The molecule has 0 unspecified atom stereocenters. The van der Waals surface area contributed by atoms with E-state index in [1.165, 1.54) is 6.07 Å². The molecule has 0 amide bonds. The van der Waals surface area contributed by atoms with Gasteiger partial charge in [-0.2, -0.15) is 0 Å². The number of hydrogen-bond acceptors (Lipinski definition) is 2. The van der Waals surface area contributed by atoms with Crippen molar-refractivity contribution in [3.05, 3.63) is 35.4 Å². The number of carbonyl (C=O) groups excluding carboxylic acids is 1. The lowest BCUT2D eigenvalue weighted by molar-refractivity contribution is -0.142. The molecule has 1 saturated carbocycles. The normalized spacial score (nSPS) is 24.0. The lowest BCUT2D eigenvalue weighted by atomic mass is 9.88. The molecule has 17 heavy (non-hydrogen) atoms. The molecule has 1 N–H and O–H groups in total. The van der Waals surface area contributed by atoms with Crippen LogP contribution in [-0.2, 0) is 9.59 Å². The zero-order valence-corrected chi connectivity index (χ0v) is 8.82. The fourth-order valence-corrected chi connectivity index (χ4v) is 2.25. The zero-order chi connectivity index (χ0) is 12.6. The Morgan fingerprint density at radius 2 is 2.00 bits per heavy atom. The van der Waals surface area contributed by atoms with E-state index in [-0.39, 0.29) is 24.2 Å². The summed E-state index contributed by atoms with van der Waals surface area (Å²) in [5.74, 6) is -4.45. The van der Waals surface area contributed by atoms with Gasteiger partial charge in [-0.3, -0.25) is 9.59 Å². The molecule has 2 atom stereocenters. The first-order chi connectivity index (χ1) is 7.99. The van der Waals surface area contributed by atoms with Crippen molar-refractivity contribution in [2.75, 3.05) is 0 Å². The number of hydrogen-bond donors (Lipinski definition) is 1. The number of benzene rings is 1. The van der Waals surface area contributed by atoms with Crippen molar-refractivity contribution in [1.82, 2.24) is 0 Å². The molecule has 2 rings (SSSR count). The van der Waals surface area contributed by atoms with Gasteiger partial charge in [0, 0.05) is 24.8 Å². The summed E-state index contributed by atoms with van der Waals surface area (Å²) in [5.41, 5.74) is 0.102. The van der Waals surface area contributed by atoms with Gasteiger partial charge in [-0.15, -0.1) is 0 Å². The van der Waals surface area contributed by atoms with E-state index in [1.807, 2.05) is 0 Å². The summed E-state index contributed by atoms with van der Waals surface area (Å²) >= 11 is 0. The highest BCUT2D eigenvalue weighted by Gasteiger charge is 2.39. The Morgan fingerprint density at radius 3 is 2.59 bits per heavy atom. The van der Waals surface area contributed by atoms with Crippen LogP contribution in [0.4, 0.5) is 8.78 Å². The molecule has 5 heteroatoms. The van der Waals surface area contributed by atoms with Crippen LogP contribution < -0.4 is 0 Å². The van der Waals surface area contributed by atoms with E-state index in [0.29, 0.717) is 6.07 Å². The summed E-state index contributed by atoms with van der Waals surface area (Å²) < 4.78 is 26.3. The van der Waals surface area contributed by atoms with E-state index in [2.05, 4.69) is 0 Å². The minimum absolute atomic E-state index is 0.000477. The minimum atomic E-state index is -1.12. The highest BCUT2D eigenvalue weighted by Crippen LogP contribution is 2.38. The van der Waals surface area contributed by atoms with E-state index >= 15 is 0 Å². The third-order valence-electron chi connectivity index (χ3n) is 3.06. The predicted molar refractivity (Wildman–Crippen MR) is 54.5 cm³/mol. The molecule has 0 spiro atoms. The second-order valence-electron chi connectivity index (χ2n) is 4.16. The molecule has 90 valence electrons. The molecule has 0 saturated heterocycles. The molecule has 0 heterocycles. The SMILES string of the molecule is O=C1C[C@@H](C(=O)O)[C@H](c2ccc(F)cc2F)C1. The summed E-state index contributed by atoms with van der Waals surface area (Å²) in [5, 5.41) is 8.96. The predicted octanol–water partition coefficient (Wildman–Crippen LogP) is 2.11. The van der Waals surface area contributed by atoms with Gasteiger partial charge in [0.1, 0.15) is 17.4 Å². The average molecular weight is 240 g/mol. The topological polar surface area (TPSA) is 54.4 Å². The van der Waals surface area contributed by atoms with Crippen LogP contribution in [0, 0.1) is 17.6 Å². The fourth-order valence-electron chi connectivity index (χ4n) is 2.25. The summed E-state index contributed by atoms with van der Waals surface area (Å²) in [6.45, 7) is 0. The first kappa shape index (κ1) is 11.7. The molecular formula is C12H10F2O3. The van der Waals surface area contributed by atoms with Gasteiger partial charge in [0.2, 0.25) is 0 Å². The second kappa shape index (κ2) is 4.24. The van der Waals surface area contributed by atoms with Crippen molar-refractivity contribution in [2.24, 2.45) is 5.92 Å². The third kappa shape index (κ3) is 2.18. The number of halogens is 2. The molecule has 1 aliphatic carbocycles. The van der Waals surface area contributed by atoms with E-state index in [4.69, 9.17) is 5.11 Å². The Bertz CT molecular complexity index is 485. The third-order valence-corrected chi connectivity index (χ3v) is 3.06. The number of aliphatic carboxylic acids is 1. The van der Waals surface area contributed by atoms with Crippen LogP contribution in [-0.4, -0.2) is 16.9 Å². The number of carboxylic acids is 1. The molecule has 3 nitrogen and oxygen atoms in total. The highest BCUT2D eigenvalue weighted by atomic mass is 19.1. The quantitative estimate of drug-likeness (QED) is 0.861. The summed E-state index contributed by atoms with van der Waals surface area (Å²) in [6, 6.07) is 2.99. The Morgan fingerprint density at radius 1 is 1.29 bits per heavy atom. The number of rotatable bonds is 2. The van der Waals surface area contributed by atoms with Crippen molar-refractivity contribution < 1.29 is 23.5 Å². The van der Waals surface area contributed by atoms with Crippen molar-refractivity contribution in [1.29, 1.82) is 0 Å². The van der Waals surface area contributed by atoms with Crippen molar-refractivity contribution in [2.45, 2.75) is 18.8 Å². The average Bonchev–Trinajstić information content (AvgIpc) is 2.60. The van der Waals surface area contributed by atoms with Crippen LogP contribution >= 0.6 is 0 Å². The van der Waals surface area contributed by atoms with Crippen LogP contribution in [0.25, 0.3) is 0 Å². The Balaban J connectivity index is 2.38. The van der Waals surface area contributed by atoms with Crippen molar-refractivity contribution >= 4 is 11.8 Å². The van der Waals surface area contributed by atoms with E-state index < -0.39 is 29.4 Å². The molecule has 1 aliphatic rings. The van der Waals surface area contributed by atoms with Gasteiger partial charge in [-0.05, 0) is 11.6 Å². The molecule has 0 aromatic heterocycles. The number of ketones is 1. The van der Waals surface area contributed by atoms with Crippen LogP contribution in [0.2, 0.25) is 0 Å². The van der Waals surface area contributed by atoms with E-state index in [0.717, 1.165) is 6.07 Å². The summed E-state index contributed by atoms with van der Waals surface area (Å²) in [4.78, 5) is 22.2. The molecular weight excluding hydrogens is 230 g/mol. The number of carboxylic acid groups (broad SMARTS) is 1. The minimum Gasteiger partial charge on any atom is -0.481 e. The first-order valence-electron chi connectivity index (χ1n) is 5.18. The van der Waals surface area contributed by atoms with E-state index in [1.54, 1.807) is 0 Å². The smallest absolute Gasteiger partial charge is 0.307 e. The lowest BCUT2D eigenvalue weighted by Gasteiger charge is -2.15. The van der Waals surface area contributed by atoms with Gasteiger partial charge < -0.3 is 5.11 Å². The highest BCUT2D eigenvalue weighted by molar-refractivity contribution is 5.89. The van der Waals surface area contributed by atoms with Crippen LogP contribution in [0.15, 0.2) is 18.2 Å². The molecule has 0 aliphatic heterocycles. The standard InChI is InChI=1S/C12H10F2O3/c13-6-1-2-8(11(14)3-6)9-4-7(15)5-10(9)12(16)17/h1-3,9-10H,4-5H2,(H,16,17)/t9-,10+/m0/s1. The van der Waals surface area contributed by atoms with Gasteiger partial charge >= 0.3 is 5.97 Å². The van der Waals surface area contributed by atoms with Gasteiger partial charge in [0.15, 0.2) is 0 Å². The van der Waals surface area contributed by atoms with E-state index in [9.17, 15) is 18.4 Å². The number of Topliss-reactive ketones (excluding diaryl/α,β-unsaturated/α-hetero) is 1. The van der Waals surface area contributed by atoms with Crippen LogP contribution in [0.1, 0.15) is 24.3 Å². The maximum absolute atomic E-state index is 13.5. The van der Waals surface area contributed by atoms with Gasteiger partial charge in [0.25, 0.3) is 0 Å². The Labute approximate surface area is 96.1 Å². The molecule has 0 radical (unpaired) electrons. The number of carbonyl (C=O) groups is 2. The maximum Gasteiger partial charge on any atom is 0.307 e. The van der Waals surface area contributed by atoms with Gasteiger partial charge in [-0.25, -0.2) is 8.78 Å². The van der Waals surface area contributed by atoms with Crippen LogP contribution in [0.3, 0.4) is 0 Å². The maximum atomic E-state index is 13.5. The summed E-state index contributed by atoms with van der Waals surface area (Å²) in [7, 11) is 0. The Hall–Kier alpha value is -1.78. The molecule has 1 fully saturated rings. The van der Waals surface area contributed by atoms with Crippen molar-refractivity contribution in [3.8, 4) is 0 Å². The lowest BCUT2D eigenvalue weighted by Crippen LogP contribution is -2.17.